The zero-order valence-corrected chi connectivity index (χ0v) is 11.3. The number of phenols is 3. The fraction of sp³-hybridized carbons (Fsp3) is 0.133. The molecule has 0 saturated heterocycles. The first-order chi connectivity index (χ1) is 9.93. The molecule has 0 fully saturated rings. The van der Waals surface area contributed by atoms with Crippen LogP contribution in [0.2, 0.25) is 0 Å². The molecule has 0 amide bonds. The summed E-state index contributed by atoms with van der Waals surface area (Å²) in [4.78, 5) is 12.0. The van der Waals surface area contributed by atoms with E-state index in [0.29, 0.717) is 22.1 Å². The first-order valence-corrected chi connectivity index (χ1v) is 6.13. The smallest absolute Gasteiger partial charge is 0.347 e. The van der Waals surface area contributed by atoms with Gasteiger partial charge in [-0.25, -0.2) is 4.79 Å². The highest BCUT2D eigenvalue weighted by Crippen LogP contribution is 2.40. The van der Waals surface area contributed by atoms with Gasteiger partial charge in [-0.05, 0) is 13.0 Å². The van der Waals surface area contributed by atoms with Crippen LogP contribution >= 0.6 is 0 Å². The topological polar surface area (TPSA) is 100 Å². The van der Waals surface area contributed by atoms with E-state index in [9.17, 15) is 20.1 Å². The summed E-state index contributed by atoms with van der Waals surface area (Å²) in [5.74, 6) is -0.597. The molecule has 0 aliphatic rings. The fourth-order valence-corrected chi connectivity index (χ4v) is 2.46. The summed E-state index contributed by atoms with van der Waals surface area (Å²) >= 11 is 0. The van der Waals surface area contributed by atoms with Crippen molar-refractivity contribution in [2.24, 2.45) is 0 Å². The summed E-state index contributed by atoms with van der Waals surface area (Å²) in [6.07, 6.45) is 0. The molecule has 0 radical (unpaired) electrons. The van der Waals surface area contributed by atoms with Crippen LogP contribution in [0.15, 0.2) is 27.4 Å². The number of aryl methyl sites for hydroxylation is 1. The predicted octanol–water partition coefficient (Wildman–Crippen LogP) is 2.38. The van der Waals surface area contributed by atoms with Crippen molar-refractivity contribution >= 4 is 21.7 Å². The molecule has 0 unspecified atom stereocenters. The molecule has 3 rings (SSSR count). The Morgan fingerprint density at radius 2 is 1.76 bits per heavy atom. The average molecular weight is 288 g/mol. The van der Waals surface area contributed by atoms with Crippen LogP contribution in [-0.2, 0) is 0 Å². The summed E-state index contributed by atoms with van der Waals surface area (Å²) in [6, 6.07) is 4.04. The molecule has 108 valence electrons. The number of rotatable bonds is 1. The standard InChI is InChI=1S/C15H12O6/c1-6-12-8-3-7(20-2)4-9(16)13(8)15(19)21-11(12)5-10(17)14(6)18/h3-5,16-18H,1-2H3. The van der Waals surface area contributed by atoms with Crippen LogP contribution in [0.1, 0.15) is 5.56 Å². The average Bonchev–Trinajstić information content (AvgIpc) is 2.43. The first kappa shape index (κ1) is 13.1. The fourth-order valence-electron chi connectivity index (χ4n) is 2.46. The second-order valence-corrected chi connectivity index (χ2v) is 4.70. The molecule has 2 aromatic carbocycles. The molecular weight excluding hydrogens is 276 g/mol. The zero-order valence-electron chi connectivity index (χ0n) is 11.3. The molecule has 0 bridgehead atoms. The van der Waals surface area contributed by atoms with Crippen molar-refractivity contribution in [3.8, 4) is 23.0 Å². The van der Waals surface area contributed by atoms with E-state index in [1.54, 1.807) is 13.0 Å². The minimum Gasteiger partial charge on any atom is -0.507 e. The van der Waals surface area contributed by atoms with Gasteiger partial charge >= 0.3 is 5.63 Å². The Labute approximate surface area is 118 Å². The van der Waals surface area contributed by atoms with Gasteiger partial charge in [0, 0.05) is 28.5 Å². The lowest BCUT2D eigenvalue weighted by molar-refractivity contribution is 0.401. The molecule has 3 aromatic rings. The van der Waals surface area contributed by atoms with Gasteiger partial charge < -0.3 is 24.5 Å². The van der Waals surface area contributed by atoms with Crippen molar-refractivity contribution in [1.82, 2.24) is 0 Å². The molecule has 6 nitrogen and oxygen atoms in total. The van der Waals surface area contributed by atoms with Crippen LogP contribution in [0.5, 0.6) is 23.0 Å². The summed E-state index contributed by atoms with van der Waals surface area (Å²) in [5.41, 5.74) is -0.276. The molecule has 0 saturated carbocycles. The van der Waals surface area contributed by atoms with Crippen molar-refractivity contribution in [1.29, 1.82) is 0 Å². The van der Waals surface area contributed by atoms with Crippen molar-refractivity contribution in [3.05, 3.63) is 34.2 Å². The molecule has 0 aliphatic carbocycles. The van der Waals surface area contributed by atoms with Crippen molar-refractivity contribution in [2.45, 2.75) is 6.92 Å². The first-order valence-electron chi connectivity index (χ1n) is 6.13. The van der Waals surface area contributed by atoms with Crippen LogP contribution in [0.3, 0.4) is 0 Å². The van der Waals surface area contributed by atoms with E-state index in [4.69, 9.17) is 9.15 Å². The van der Waals surface area contributed by atoms with Crippen molar-refractivity contribution < 1.29 is 24.5 Å². The van der Waals surface area contributed by atoms with Gasteiger partial charge in [0.2, 0.25) is 0 Å². The third-order valence-electron chi connectivity index (χ3n) is 3.49. The number of ether oxygens (including phenoxy) is 1. The molecule has 0 atom stereocenters. The number of fused-ring (bicyclic) bond motifs is 3. The van der Waals surface area contributed by atoms with Crippen molar-refractivity contribution in [3.63, 3.8) is 0 Å². The third-order valence-corrected chi connectivity index (χ3v) is 3.49. The minimum absolute atomic E-state index is 0.00325. The van der Waals surface area contributed by atoms with E-state index in [1.165, 1.54) is 13.2 Å². The Bertz CT molecular complexity index is 939. The number of hydrogen-bond acceptors (Lipinski definition) is 6. The summed E-state index contributed by atoms with van der Waals surface area (Å²) in [6.45, 7) is 1.58. The maximum absolute atomic E-state index is 12.0. The van der Waals surface area contributed by atoms with Gasteiger partial charge in [-0.2, -0.15) is 0 Å². The molecule has 0 aliphatic heterocycles. The van der Waals surface area contributed by atoms with Crippen LogP contribution in [0.25, 0.3) is 21.7 Å². The Balaban J connectivity index is 2.67. The summed E-state index contributed by atoms with van der Waals surface area (Å²) < 4.78 is 10.2. The molecule has 1 aromatic heterocycles. The second kappa shape index (κ2) is 4.31. The monoisotopic (exact) mass is 288 g/mol. The van der Waals surface area contributed by atoms with Crippen molar-refractivity contribution in [2.75, 3.05) is 7.11 Å². The van der Waals surface area contributed by atoms with Gasteiger partial charge in [0.05, 0.1) is 7.11 Å². The highest BCUT2D eigenvalue weighted by Gasteiger charge is 2.18. The SMILES string of the molecule is COc1cc(O)c2c(=O)oc3cc(O)c(O)c(C)c3c2c1. The molecule has 21 heavy (non-hydrogen) atoms. The minimum atomic E-state index is -0.734. The summed E-state index contributed by atoms with van der Waals surface area (Å²) in [7, 11) is 1.43. The number of methoxy groups -OCH3 is 1. The Morgan fingerprint density at radius 3 is 2.43 bits per heavy atom. The lowest BCUT2D eigenvalue weighted by Gasteiger charge is -2.10. The molecule has 0 spiro atoms. The molecule has 6 heteroatoms. The Hall–Kier alpha value is -2.89. The number of aromatic hydroxyl groups is 3. The van der Waals surface area contributed by atoms with Crippen LogP contribution in [0, 0.1) is 6.92 Å². The van der Waals surface area contributed by atoms with E-state index in [-0.39, 0.29) is 28.2 Å². The van der Waals surface area contributed by atoms with Gasteiger partial charge in [0.1, 0.15) is 22.5 Å². The normalized spacial score (nSPS) is 11.1. The highest BCUT2D eigenvalue weighted by molar-refractivity contribution is 6.09. The zero-order chi connectivity index (χ0) is 15.3. The second-order valence-electron chi connectivity index (χ2n) is 4.70. The quantitative estimate of drug-likeness (QED) is 0.361. The third kappa shape index (κ3) is 1.76. The number of benzene rings is 2. The molecular formula is C15H12O6. The predicted molar refractivity (Wildman–Crippen MR) is 76.3 cm³/mol. The highest BCUT2D eigenvalue weighted by atomic mass is 16.5. The van der Waals surface area contributed by atoms with Gasteiger partial charge in [-0.1, -0.05) is 0 Å². The van der Waals surface area contributed by atoms with Gasteiger partial charge in [0.25, 0.3) is 0 Å². The largest absolute Gasteiger partial charge is 0.507 e. The van der Waals surface area contributed by atoms with E-state index in [0.717, 1.165) is 6.07 Å². The van der Waals surface area contributed by atoms with E-state index in [2.05, 4.69) is 0 Å². The van der Waals surface area contributed by atoms with Crippen LogP contribution in [-0.4, -0.2) is 22.4 Å². The summed E-state index contributed by atoms with van der Waals surface area (Å²) in [5, 5.41) is 30.3. The van der Waals surface area contributed by atoms with E-state index in [1.807, 2.05) is 0 Å². The lowest BCUT2D eigenvalue weighted by atomic mass is 10.0. The molecule has 3 N–H and O–H groups in total. The lowest BCUT2D eigenvalue weighted by Crippen LogP contribution is -2.01. The van der Waals surface area contributed by atoms with Gasteiger partial charge in [0.15, 0.2) is 11.5 Å². The van der Waals surface area contributed by atoms with Crippen LogP contribution in [0.4, 0.5) is 0 Å². The maximum atomic E-state index is 12.0. The van der Waals surface area contributed by atoms with E-state index < -0.39 is 5.63 Å². The van der Waals surface area contributed by atoms with Gasteiger partial charge in [-0.3, -0.25) is 0 Å². The maximum Gasteiger partial charge on any atom is 0.347 e. The Morgan fingerprint density at radius 1 is 1.05 bits per heavy atom. The van der Waals surface area contributed by atoms with Gasteiger partial charge in [-0.15, -0.1) is 0 Å². The Kier molecular flexibility index (Phi) is 2.69. The number of hydrogen-bond donors (Lipinski definition) is 3. The number of phenolic OH excluding ortho intramolecular Hbond substituents is 3. The molecule has 1 heterocycles. The van der Waals surface area contributed by atoms with Crippen LogP contribution < -0.4 is 10.4 Å². The van der Waals surface area contributed by atoms with E-state index >= 15 is 0 Å².